The molecular weight excluding hydrogens is 400 g/mol. The molecule has 1 amide bonds. The summed E-state index contributed by atoms with van der Waals surface area (Å²) in [5.74, 6) is 0.00732. The summed E-state index contributed by atoms with van der Waals surface area (Å²) < 4.78 is 29.1. The van der Waals surface area contributed by atoms with Crippen LogP contribution in [0.2, 0.25) is 0 Å². The summed E-state index contributed by atoms with van der Waals surface area (Å²) in [6.45, 7) is 4.60. The molecule has 0 radical (unpaired) electrons. The van der Waals surface area contributed by atoms with Crippen LogP contribution in [0.1, 0.15) is 49.7 Å². The molecule has 1 aliphatic heterocycles. The Bertz CT molecular complexity index is 914. The lowest BCUT2D eigenvalue weighted by Crippen LogP contribution is -2.31. The maximum atomic E-state index is 12.8. The fourth-order valence-electron chi connectivity index (χ4n) is 3.66. The molecule has 3 rings (SSSR count). The van der Waals surface area contributed by atoms with Crippen LogP contribution in [-0.2, 0) is 27.8 Å². The number of rotatable bonds is 9. The normalized spacial score (nSPS) is 15.6. The Morgan fingerprint density at radius 3 is 2.43 bits per heavy atom. The second kappa shape index (κ2) is 10.7. The van der Waals surface area contributed by atoms with Gasteiger partial charge in [0.2, 0.25) is 15.9 Å². The molecule has 8 heteroatoms. The minimum atomic E-state index is -3.42. The van der Waals surface area contributed by atoms with Crippen molar-refractivity contribution in [1.82, 2.24) is 19.4 Å². The van der Waals surface area contributed by atoms with Crippen LogP contribution in [0.4, 0.5) is 0 Å². The minimum Gasteiger partial charge on any atom is -0.356 e. The van der Waals surface area contributed by atoms with E-state index in [9.17, 15) is 13.2 Å². The van der Waals surface area contributed by atoms with Gasteiger partial charge in [-0.3, -0.25) is 9.48 Å². The molecule has 1 saturated heterocycles. The van der Waals surface area contributed by atoms with E-state index in [1.165, 1.54) is 0 Å². The van der Waals surface area contributed by atoms with E-state index in [4.69, 9.17) is 0 Å². The van der Waals surface area contributed by atoms with Gasteiger partial charge in [-0.25, -0.2) is 8.42 Å². The van der Waals surface area contributed by atoms with E-state index in [0.717, 1.165) is 49.8 Å². The Kier molecular flexibility index (Phi) is 8.04. The lowest BCUT2D eigenvalue weighted by molar-refractivity contribution is -0.121. The van der Waals surface area contributed by atoms with Crippen LogP contribution in [0.3, 0.4) is 0 Å². The van der Waals surface area contributed by atoms with Crippen molar-refractivity contribution in [2.45, 2.75) is 63.3 Å². The van der Waals surface area contributed by atoms with Crippen molar-refractivity contribution < 1.29 is 13.2 Å². The van der Waals surface area contributed by atoms with Crippen LogP contribution >= 0.6 is 0 Å². The Hall–Kier alpha value is -2.19. The third-order valence-electron chi connectivity index (χ3n) is 5.42. The first-order chi connectivity index (χ1) is 14.4. The largest absolute Gasteiger partial charge is 0.356 e. The number of nitrogens with zero attached hydrogens (tertiary/aromatic N) is 3. The smallest absolute Gasteiger partial charge is 0.243 e. The third-order valence-corrected chi connectivity index (χ3v) is 7.33. The van der Waals surface area contributed by atoms with Gasteiger partial charge in [0, 0.05) is 38.8 Å². The van der Waals surface area contributed by atoms with Crippen molar-refractivity contribution >= 4 is 15.9 Å². The lowest BCUT2D eigenvalue weighted by Gasteiger charge is -2.20. The van der Waals surface area contributed by atoms with Gasteiger partial charge in [-0.2, -0.15) is 9.40 Å². The fraction of sp³-hybridized carbons (Fsp3) is 0.545. The van der Waals surface area contributed by atoms with E-state index in [0.29, 0.717) is 37.4 Å². The maximum Gasteiger partial charge on any atom is 0.243 e. The maximum absolute atomic E-state index is 12.8. The molecule has 2 heterocycles. The summed E-state index contributed by atoms with van der Waals surface area (Å²) >= 11 is 0. The number of amides is 1. The van der Waals surface area contributed by atoms with Crippen molar-refractivity contribution in [3.8, 4) is 0 Å². The highest BCUT2D eigenvalue weighted by atomic mass is 32.2. The fourth-order valence-corrected chi connectivity index (χ4v) is 5.18. The highest BCUT2D eigenvalue weighted by Gasteiger charge is 2.24. The van der Waals surface area contributed by atoms with Gasteiger partial charge >= 0.3 is 0 Å². The van der Waals surface area contributed by atoms with Gasteiger partial charge in [-0.05, 0) is 55.9 Å². The first kappa shape index (κ1) is 22.5. The Labute approximate surface area is 179 Å². The summed E-state index contributed by atoms with van der Waals surface area (Å²) in [5, 5.41) is 7.16. The monoisotopic (exact) mass is 432 g/mol. The number of carbonyl (C=O) groups excluding carboxylic acids is 1. The van der Waals surface area contributed by atoms with Crippen LogP contribution in [-0.4, -0.2) is 48.0 Å². The first-order valence-electron chi connectivity index (χ1n) is 10.8. The van der Waals surface area contributed by atoms with Gasteiger partial charge in [-0.1, -0.05) is 25.0 Å². The van der Waals surface area contributed by atoms with Gasteiger partial charge < -0.3 is 5.32 Å². The van der Waals surface area contributed by atoms with E-state index in [1.807, 2.05) is 36.1 Å². The predicted molar refractivity (Wildman–Crippen MR) is 117 cm³/mol. The number of aryl methyl sites for hydroxylation is 3. The quantitative estimate of drug-likeness (QED) is 0.618. The molecule has 1 aromatic heterocycles. The van der Waals surface area contributed by atoms with Crippen molar-refractivity contribution in [3.63, 3.8) is 0 Å². The molecule has 0 saturated carbocycles. The van der Waals surface area contributed by atoms with Gasteiger partial charge in [-0.15, -0.1) is 0 Å². The molecule has 0 aliphatic carbocycles. The van der Waals surface area contributed by atoms with Crippen molar-refractivity contribution in [1.29, 1.82) is 0 Å². The molecule has 1 N–H and O–H groups in total. The molecular formula is C22H32N4O3S. The van der Waals surface area contributed by atoms with Gasteiger partial charge in [0.05, 0.1) is 11.1 Å². The van der Waals surface area contributed by atoms with E-state index in [2.05, 4.69) is 10.4 Å². The number of carbonyl (C=O) groups is 1. The summed E-state index contributed by atoms with van der Waals surface area (Å²) in [7, 11) is -3.42. The van der Waals surface area contributed by atoms with E-state index >= 15 is 0 Å². The van der Waals surface area contributed by atoms with Gasteiger partial charge in [0.1, 0.15) is 0 Å². The molecule has 0 atom stereocenters. The molecule has 2 aromatic rings. The van der Waals surface area contributed by atoms with Crippen molar-refractivity contribution in [2.75, 3.05) is 19.6 Å². The summed E-state index contributed by atoms with van der Waals surface area (Å²) in [6.07, 6.45) is 9.65. The highest BCUT2D eigenvalue weighted by molar-refractivity contribution is 7.89. The standard InChI is InChI=1S/C22H32N4O3S/c1-19-17-24-25(18-19)14-6-13-23-22(27)12-9-20-7-10-21(11-8-20)30(28,29)26-15-4-2-3-5-16-26/h7-8,10-11,17-18H,2-6,9,12-16H2,1H3,(H,23,27). The molecule has 164 valence electrons. The van der Waals surface area contributed by atoms with Crippen LogP contribution in [0, 0.1) is 6.92 Å². The molecule has 0 unspecified atom stereocenters. The minimum absolute atomic E-state index is 0.00732. The van der Waals surface area contributed by atoms with Gasteiger partial charge in [0.15, 0.2) is 0 Å². The zero-order valence-corrected chi connectivity index (χ0v) is 18.5. The Morgan fingerprint density at radius 1 is 1.10 bits per heavy atom. The number of sulfonamides is 1. The number of aromatic nitrogens is 2. The highest BCUT2D eigenvalue weighted by Crippen LogP contribution is 2.21. The van der Waals surface area contributed by atoms with E-state index in [-0.39, 0.29) is 5.91 Å². The molecule has 1 aliphatic rings. The summed E-state index contributed by atoms with van der Waals surface area (Å²) in [6, 6.07) is 6.97. The van der Waals surface area contributed by atoms with Crippen molar-refractivity contribution in [3.05, 3.63) is 47.8 Å². The SMILES string of the molecule is Cc1cnn(CCCNC(=O)CCc2ccc(S(=O)(=O)N3CCCCCC3)cc2)c1. The zero-order valence-electron chi connectivity index (χ0n) is 17.7. The molecule has 7 nitrogen and oxygen atoms in total. The first-order valence-corrected chi connectivity index (χ1v) is 12.2. The molecule has 30 heavy (non-hydrogen) atoms. The second-order valence-corrected chi connectivity index (χ2v) is 9.88. The number of nitrogens with one attached hydrogen (secondary N) is 1. The van der Waals surface area contributed by atoms with Crippen LogP contribution in [0.15, 0.2) is 41.6 Å². The van der Waals surface area contributed by atoms with E-state index in [1.54, 1.807) is 16.4 Å². The molecule has 1 aromatic carbocycles. The van der Waals surface area contributed by atoms with E-state index < -0.39 is 10.0 Å². The Balaban J connectivity index is 1.42. The average Bonchev–Trinajstić information content (AvgIpc) is 2.97. The second-order valence-electron chi connectivity index (χ2n) is 7.95. The number of hydrogen-bond donors (Lipinski definition) is 1. The third kappa shape index (κ3) is 6.40. The number of hydrogen-bond acceptors (Lipinski definition) is 4. The van der Waals surface area contributed by atoms with Gasteiger partial charge in [0.25, 0.3) is 0 Å². The average molecular weight is 433 g/mol. The van der Waals surface area contributed by atoms with Crippen LogP contribution in [0.5, 0.6) is 0 Å². The summed E-state index contributed by atoms with van der Waals surface area (Å²) in [5.41, 5.74) is 2.09. The molecule has 0 spiro atoms. The number of benzene rings is 1. The van der Waals surface area contributed by atoms with Crippen molar-refractivity contribution in [2.24, 2.45) is 0 Å². The Morgan fingerprint density at radius 2 is 1.80 bits per heavy atom. The summed E-state index contributed by atoms with van der Waals surface area (Å²) in [4.78, 5) is 12.4. The zero-order chi connectivity index (χ0) is 21.4. The lowest BCUT2D eigenvalue weighted by atomic mass is 10.1. The molecule has 1 fully saturated rings. The molecule has 0 bridgehead atoms. The van der Waals surface area contributed by atoms with Crippen LogP contribution < -0.4 is 5.32 Å². The van der Waals surface area contributed by atoms with Crippen LogP contribution in [0.25, 0.3) is 0 Å². The topological polar surface area (TPSA) is 84.3 Å². The predicted octanol–water partition coefficient (Wildman–Crippen LogP) is 2.90.